The maximum Gasteiger partial charge on any atom is -0.0320 e. The molecule has 2 unspecified atom stereocenters. The first-order valence-corrected chi connectivity index (χ1v) is 4.95. The minimum Gasteiger partial charge on any atom is -0.0917 e. The second-order valence-corrected chi connectivity index (χ2v) is 3.83. The lowest BCUT2D eigenvalue weighted by atomic mass is 9.79. The van der Waals surface area contributed by atoms with Gasteiger partial charge in [0.25, 0.3) is 0 Å². The summed E-state index contributed by atoms with van der Waals surface area (Å²) in [7, 11) is 0. The van der Waals surface area contributed by atoms with Crippen LogP contribution in [0.5, 0.6) is 0 Å². The third-order valence-corrected chi connectivity index (χ3v) is 2.96. The van der Waals surface area contributed by atoms with Gasteiger partial charge in [-0.05, 0) is 31.6 Å². The van der Waals surface area contributed by atoms with E-state index in [1.54, 1.807) is 0 Å². The normalized spacial score (nSPS) is 32.9. The Morgan fingerprint density at radius 3 is 2.64 bits per heavy atom. The summed E-state index contributed by atoms with van der Waals surface area (Å²) < 4.78 is 0. The van der Waals surface area contributed by atoms with Crippen LogP contribution in [-0.2, 0) is 0 Å². The van der Waals surface area contributed by atoms with Gasteiger partial charge < -0.3 is 0 Å². The fraction of sp³-hybridized carbons (Fsp3) is 0.818. The molecule has 1 rings (SSSR count). The van der Waals surface area contributed by atoms with E-state index >= 15 is 0 Å². The van der Waals surface area contributed by atoms with Gasteiger partial charge in [0.2, 0.25) is 0 Å². The molecule has 0 spiro atoms. The first-order chi connectivity index (χ1) is 5.34. The molecule has 0 nitrogen and oxygen atoms in total. The number of hydrogen-bond acceptors (Lipinski definition) is 0. The largest absolute Gasteiger partial charge is 0.0917 e. The minimum absolute atomic E-state index is 0.972. The zero-order chi connectivity index (χ0) is 8.10. The Morgan fingerprint density at radius 1 is 1.27 bits per heavy atom. The molecule has 0 aromatic carbocycles. The van der Waals surface area contributed by atoms with E-state index in [2.05, 4.69) is 26.0 Å². The van der Waals surface area contributed by atoms with Gasteiger partial charge >= 0.3 is 0 Å². The topological polar surface area (TPSA) is 0 Å². The van der Waals surface area contributed by atoms with Crippen molar-refractivity contribution in [3.05, 3.63) is 12.2 Å². The molecule has 0 amide bonds. The van der Waals surface area contributed by atoms with E-state index in [1.165, 1.54) is 32.1 Å². The molecule has 0 saturated heterocycles. The molecule has 0 aromatic rings. The van der Waals surface area contributed by atoms with E-state index in [-0.39, 0.29) is 0 Å². The van der Waals surface area contributed by atoms with Crippen molar-refractivity contribution in [2.45, 2.75) is 46.0 Å². The lowest BCUT2D eigenvalue weighted by Gasteiger charge is -2.27. The fourth-order valence-electron chi connectivity index (χ4n) is 2.05. The van der Waals surface area contributed by atoms with Crippen molar-refractivity contribution < 1.29 is 0 Å². The summed E-state index contributed by atoms with van der Waals surface area (Å²) in [4.78, 5) is 0. The molecule has 1 saturated carbocycles. The second kappa shape index (κ2) is 4.58. The zero-order valence-electron chi connectivity index (χ0n) is 7.84. The highest BCUT2D eigenvalue weighted by Gasteiger charge is 2.19. The van der Waals surface area contributed by atoms with Crippen LogP contribution >= 0.6 is 0 Å². The van der Waals surface area contributed by atoms with Crippen LogP contribution in [0.2, 0.25) is 0 Å². The Hall–Kier alpha value is -0.260. The smallest absolute Gasteiger partial charge is 0.0320 e. The molecule has 0 N–H and O–H groups in total. The first-order valence-electron chi connectivity index (χ1n) is 4.95. The minimum atomic E-state index is 0.972. The van der Waals surface area contributed by atoms with Crippen LogP contribution in [0.1, 0.15) is 46.0 Å². The predicted molar refractivity (Wildman–Crippen MR) is 50.6 cm³/mol. The molecule has 1 aliphatic carbocycles. The third kappa shape index (κ3) is 2.69. The van der Waals surface area contributed by atoms with E-state index in [9.17, 15) is 0 Å². The monoisotopic (exact) mass is 152 g/mol. The van der Waals surface area contributed by atoms with E-state index in [4.69, 9.17) is 0 Å². The average Bonchev–Trinajstić information content (AvgIpc) is 2.03. The molecular weight excluding hydrogens is 132 g/mol. The molecule has 1 fully saturated rings. The summed E-state index contributed by atoms with van der Waals surface area (Å²) in [6.07, 6.45) is 11.7. The van der Waals surface area contributed by atoms with Gasteiger partial charge in [-0.25, -0.2) is 0 Å². The highest BCUT2D eigenvalue weighted by Crippen LogP contribution is 2.31. The molecule has 0 heteroatoms. The van der Waals surface area contributed by atoms with Gasteiger partial charge in [0.05, 0.1) is 0 Å². The van der Waals surface area contributed by atoms with Crippen molar-refractivity contribution in [2.75, 3.05) is 0 Å². The van der Waals surface area contributed by atoms with Crippen LogP contribution in [0.4, 0.5) is 0 Å². The van der Waals surface area contributed by atoms with Gasteiger partial charge in [0.15, 0.2) is 0 Å². The van der Waals surface area contributed by atoms with Gasteiger partial charge in [0, 0.05) is 0 Å². The average molecular weight is 152 g/mol. The zero-order valence-corrected chi connectivity index (χ0v) is 7.84. The van der Waals surface area contributed by atoms with Crippen molar-refractivity contribution in [1.82, 2.24) is 0 Å². The Morgan fingerprint density at radius 2 is 2.00 bits per heavy atom. The quantitative estimate of drug-likeness (QED) is 0.528. The maximum absolute atomic E-state index is 2.41. The Labute approximate surface area is 70.7 Å². The molecule has 0 aromatic heterocycles. The number of rotatable bonds is 2. The van der Waals surface area contributed by atoms with Crippen molar-refractivity contribution in [1.29, 1.82) is 0 Å². The van der Waals surface area contributed by atoms with Gasteiger partial charge in [-0.3, -0.25) is 0 Å². The van der Waals surface area contributed by atoms with Crippen LogP contribution in [0.3, 0.4) is 0 Å². The van der Waals surface area contributed by atoms with Crippen LogP contribution < -0.4 is 0 Å². The summed E-state index contributed by atoms with van der Waals surface area (Å²) in [5.41, 5.74) is 0. The SMILES string of the molecule is CC=CCC1CCCCC1C. The Balaban J connectivity index is 2.29. The van der Waals surface area contributed by atoms with Gasteiger partial charge in [-0.15, -0.1) is 0 Å². The highest BCUT2D eigenvalue weighted by atomic mass is 14.2. The van der Waals surface area contributed by atoms with Crippen LogP contribution in [0.25, 0.3) is 0 Å². The standard InChI is InChI=1S/C11H20/c1-3-4-8-11-9-6-5-7-10(11)2/h3-4,10-11H,5-9H2,1-2H3. The maximum atomic E-state index is 2.41. The molecule has 0 aliphatic heterocycles. The summed E-state index contributed by atoms with van der Waals surface area (Å²) in [5.74, 6) is 1.96. The van der Waals surface area contributed by atoms with Crippen molar-refractivity contribution in [3.8, 4) is 0 Å². The van der Waals surface area contributed by atoms with Crippen LogP contribution in [-0.4, -0.2) is 0 Å². The molecule has 0 radical (unpaired) electrons. The van der Waals surface area contributed by atoms with Gasteiger partial charge in [-0.1, -0.05) is 38.3 Å². The third-order valence-electron chi connectivity index (χ3n) is 2.96. The van der Waals surface area contributed by atoms with Crippen LogP contribution in [0, 0.1) is 11.8 Å². The first kappa shape index (κ1) is 8.83. The molecular formula is C11H20. The van der Waals surface area contributed by atoms with E-state index < -0.39 is 0 Å². The number of allylic oxidation sites excluding steroid dienone is 2. The molecule has 0 bridgehead atoms. The summed E-state index contributed by atoms with van der Waals surface area (Å²) in [6, 6.07) is 0. The van der Waals surface area contributed by atoms with E-state index in [0.29, 0.717) is 0 Å². The Kier molecular flexibility index (Phi) is 3.68. The van der Waals surface area contributed by atoms with E-state index in [0.717, 1.165) is 11.8 Å². The van der Waals surface area contributed by atoms with Gasteiger partial charge in [0.1, 0.15) is 0 Å². The Bertz CT molecular complexity index is 124. The van der Waals surface area contributed by atoms with E-state index in [1.807, 2.05) is 0 Å². The van der Waals surface area contributed by atoms with Crippen molar-refractivity contribution >= 4 is 0 Å². The van der Waals surface area contributed by atoms with Crippen molar-refractivity contribution in [2.24, 2.45) is 11.8 Å². The molecule has 11 heavy (non-hydrogen) atoms. The predicted octanol–water partition coefficient (Wildman–Crippen LogP) is 3.78. The van der Waals surface area contributed by atoms with Crippen LogP contribution in [0.15, 0.2) is 12.2 Å². The summed E-state index contributed by atoms with van der Waals surface area (Å²) in [5, 5.41) is 0. The molecule has 0 heterocycles. The molecule has 1 aliphatic rings. The summed E-state index contributed by atoms with van der Waals surface area (Å²) >= 11 is 0. The van der Waals surface area contributed by atoms with Crippen molar-refractivity contribution in [3.63, 3.8) is 0 Å². The summed E-state index contributed by atoms with van der Waals surface area (Å²) in [6.45, 7) is 4.53. The lowest BCUT2D eigenvalue weighted by molar-refractivity contribution is 0.258. The number of hydrogen-bond donors (Lipinski definition) is 0. The molecule has 2 atom stereocenters. The fourth-order valence-corrected chi connectivity index (χ4v) is 2.05. The lowest BCUT2D eigenvalue weighted by Crippen LogP contribution is -2.15. The second-order valence-electron chi connectivity index (χ2n) is 3.83. The molecule has 64 valence electrons. The highest BCUT2D eigenvalue weighted by molar-refractivity contribution is 4.83. The van der Waals surface area contributed by atoms with Gasteiger partial charge in [-0.2, -0.15) is 0 Å².